The second kappa shape index (κ2) is 8.92. The van der Waals surface area contributed by atoms with Crippen molar-refractivity contribution in [2.45, 2.75) is 25.9 Å². The van der Waals surface area contributed by atoms with Crippen LogP contribution >= 0.6 is 0 Å². The van der Waals surface area contributed by atoms with Gasteiger partial charge < -0.3 is 4.90 Å². The van der Waals surface area contributed by atoms with Crippen molar-refractivity contribution in [1.29, 1.82) is 0 Å². The van der Waals surface area contributed by atoms with Gasteiger partial charge in [-0.1, -0.05) is 66.7 Å². The van der Waals surface area contributed by atoms with Gasteiger partial charge in [0.15, 0.2) is 5.78 Å². The van der Waals surface area contributed by atoms with E-state index in [1.165, 1.54) is 12.1 Å². The van der Waals surface area contributed by atoms with Crippen LogP contribution in [0.3, 0.4) is 0 Å². The molecule has 6 rings (SSSR count). The third-order valence-electron chi connectivity index (χ3n) is 7.39. The number of Topliss-reactive ketones (excluding diaryl/α,β-unsaturated/α-hetero) is 1. The number of carbonyl (C=O) groups is 4. The molecule has 0 aliphatic carbocycles. The summed E-state index contributed by atoms with van der Waals surface area (Å²) in [6.07, 6.45) is 0. The van der Waals surface area contributed by atoms with Crippen molar-refractivity contribution < 1.29 is 19.2 Å². The maximum Gasteiger partial charge on any atom is 0.266 e. The van der Waals surface area contributed by atoms with E-state index in [4.69, 9.17) is 0 Å². The average Bonchev–Trinajstić information content (AvgIpc) is 3.64. The summed E-state index contributed by atoms with van der Waals surface area (Å²) in [7, 11) is 0. The maximum absolute atomic E-state index is 13.7. The largest absolute Gasteiger partial charge is 0.316 e. The van der Waals surface area contributed by atoms with Gasteiger partial charge >= 0.3 is 0 Å². The van der Waals surface area contributed by atoms with E-state index in [0.717, 1.165) is 21.6 Å². The van der Waals surface area contributed by atoms with Gasteiger partial charge in [0.1, 0.15) is 6.04 Å². The Labute approximate surface area is 220 Å². The molecule has 0 aromatic heterocycles. The first-order chi connectivity index (χ1) is 18.4. The predicted octanol–water partition coefficient (Wildman–Crippen LogP) is 5.55. The number of anilines is 1. The minimum Gasteiger partial charge on any atom is -0.316 e. The molecule has 0 N–H and O–H groups in total. The van der Waals surface area contributed by atoms with Crippen LogP contribution in [0.5, 0.6) is 0 Å². The summed E-state index contributed by atoms with van der Waals surface area (Å²) in [6.45, 7) is 3.89. The van der Waals surface area contributed by atoms with Crippen LogP contribution < -0.4 is 4.90 Å². The second-order valence-corrected chi connectivity index (χ2v) is 9.72. The van der Waals surface area contributed by atoms with Crippen LogP contribution in [0.25, 0.3) is 0 Å². The molecule has 0 unspecified atom stereocenters. The molecule has 2 aliphatic heterocycles. The first-order valence-corrected chi connectivity index (χ1v) is 12.4. The molecule has 6 heteroatoms. The number of amides is 3. The smallest absolute Gasteiger partial charge is 0.266 e. The molecule has 1 saturated heterocycles. The Morgan fingerprint density at radius 3 is 2.00 bits per heavy atom. The summed E-state index contributed by atoms with van der Waals surface area (Å²) in [5, 5.41) is 0. The zero-order chi connectivity index (χ0) is 26.6. The zero-order valence-corrected chi connectivity index (χ0v) is 20.9. The fraction of sp³-hybridized carbons (Fsp3) is 0.125. The Bertz CT molecular complexity index is 1630. The van der Waals surface area contributed by atoms with E-state index in [1.54, 1.807) is 41.3 Å². The van der Waals surface area contributed by atoms with E-state index in [9.17, 15) is 19.2 Å². The van der Waals surface area contributed by atoms with Crippen molar-refractivity contribution in [3.05, 3.63) is 136 Å². The molecule has 4 aromatic carbocycles. The molecule has 0 saturated carbocycles. The lowest BCUT2D eigenvalue weighted by Gasteiger charge is -2.15. The van der Waals surface area contributed by atoms with Crippen molar-refractivity contribution in [3.63, 3.8) is 0 Å². The molecule has 0 radical (unpaired) electrons. The van der Waals surface area contributed by atoms with E-state index in [1.807, 2.05) is 62.4 Å². The number of aryl methyl sites for hydroxylation is 2. The molecule has 2 atom stereocenters. The van der Waals surface area contributed by atoms with Crippen LogP contribution in [0.1, 0.15) is 64.2 Å². The highest BCUT2D eigenvalue weighted by atomic mass is 16.2. The number of imide groups is 1. The first kappa shape index (κ1) is 23.6. The Hall–Kier alpha value is -4.84. The summed E-state index contributed by atoms with van der Waals surface area (Å²) in [4.78, 5) is 56.3. The summed E-state index contributed by atoms with van der Waals surface area (Å²) in [6, 6.07) is 27.3. The predicted molar refractivity (Wildman–Crippen MR) is 143 cm³/mol. The van der Waals surface area contributed by atoms with Crippen LogP contribution in [-0.2, 0) is 0 Å². The SMILES string of the molecule is Cc1ccc(N2C(=O)c3ccc(C(=O)N4[C@@H](C(=O)c5ccccc5)[C@@H]4c4ccccc4)cc3C2=O)cc1C. The Kier molecular flexibility index (Phi) is 5.53. The Morgan fingerprint density at radius 1 is 0.658 bits per heavy atom. The van der Waals surface area contributed by atoms with Crippen molar-refractivity contribution in [3.8, 4) is 0 Å². The second-order valence-electron chi connectivity index (χ2n) is 9.72. The third-order valence-corrected chi connectivity index (χ3v) is 7.39. The highest BCUT2D eigenvalue weighted by Crippen LogP contribution is 2.46. The molecule has 0 bridgehead atoms. The number of benzene rings is 4. The summed E-state index contributed by atoms with van der Waals surface area (Å²) < 4.78 is 0. The van der Waals surface area contributed by atoms with Gasteiger partial charge in [-0.25, -0.2) is 4.90 Å². The number of hydrogen-bond donors (Lipinski definition) is 0. The van der Waals surface area contributed by atoms with E-state index >= 15 is 0 Å². The summed E-state index contributed by atoms with van der Waals surface area (Å²) in [5.41, 5.74) is 4.62. The van der Waals surface area contributed by atoms with Crippen LogP contribution in [0.2, 0.25) is 0 Å². The molecule has 6 nitrogen and oxygen atoms in total. The molecule has 2 heterocycles. The summed E-state index contributed by atoms with van der Waals surface area (Å²) in [5.74, 6) is -1.38. The van der Waals surface area contributed by atoms with Gasteiger partial charge in [-0.15, -0.1) is 0 Å². The number of hydrogen-bond acceptors (Lipinski definition) is 4. The van der Waals surface area contributed by atoms with Crippen molar-refractivity contribution in [2.75, 3.05) is 4.90 Å². The molecule has 38 heavy (non-hydrogen) atoms. The molecule has 2 aliphatic rings. The number of fused-ring (bicyclic) bond motifs is 1. The van der Waals surface area contributed by atoms with Gasteiger partial charge in [0.05, 0.1) is 22.9 Å². The number of nitrogens with zero attached hydrogens (tertiary/aromatic N) is 2. The number of rotatable bonds is 5. The highest BCUT2D eigenvalue weighted by molar-refractivity contribution is 6.34. The van der Waals surface area contributed by atoms with Crippen LogP contribution in [0.15, 0.2) is 97.1 Å². The number of ketones is 1. The molecular weight excluding hydrogens is 476 g/mol. The van der Waals surface area contributed by atoms with Crippen molar-refractivity contribution in [1.82, 2.24) is 4.90 Å². The van der Waals surface area contributed by atoms with Crippen LogP contribution in [0, 0.1) is 13.8 Å². The van der Waals surface area contributed by atoms with Crippen LogP contribution in [-0.4, -0.2) is 34.4 Å². The number of carbonyl (C=O) groups excluding carboxylic acids is 4. The molecular formula is C32H24N2O4. The fourth-order valence-electron chi connectivity index (χ4n) is 5.14. The average molecular weight is 501 g/mol. The normalized spacial score (nSPS) is 17.9. The van der Waals surface area contributed by atoms with Gasteiger partial charge in [0, 0.05) is 11.1 Å². The van der Waals surface area contributed by atoms with Crippen molar-refractivity contribution in [2.24, 2.45) is 0 Å². The monoisotopic (exact) mass is 500 g/mol. The first-order valence-electron chi connectivity index (χ1n) is 12.4. The van der Waals surface area contributed by atoms with Gasteiger partial charge in [-0.2, -0.15) is 0 Å². The molecule has 186 valence electrons. The molecule has 3 amide bonds. The van der Waals surface area contributed by atoms with Gasteiger partial charge in [-0.3, -0.25) is 19.2 Å². The highest BCUT2D eigenvalue weighted by Gasteiger charge is 2.56. The molecule has 0 spiro atoms. The Morgan fingerprint density at radius 2 is 1.32 bits per heavy atom. The fourth-order valence-corrected chi connectivity index (χ4v) is 5.14. The Balaban J connectivity index is 1.33. The molecule has 4 aromatic rings. The van der Waals surface area contributed by atoms with Gasteiger partial charge in [0.2, 0.25) is 0 Å². The lowest BCUT2D eigenvalue weighted by molar-refractivity contribution is 0.0833. The zero-order valence-electron chi connectivity index (χ0n) is 20.9. The van der Waals surface area contributed by atoms with Gasteiger partial charge in [0.25, 0.3) is 17.7 Å². The van der Waals surface area contributed by atoms with E-state index in [-0.39, 0.29) is 28.4 Å². The van der Waals surface area contributed by atoms with E-state index < -0.39 is 23.9 Å². The standard InChI is InChI=1S/C32H24N2O4/c1-19-13-15-24(17-20(19)2)33-31(37)25-16-14-23(18-26(25)32(33)38)30(36)34-27(21-9-5-3-6-10-21)28(34)29(35)22-11-7-4-8-12-22/h3-18,27-28H,1-2H3/t27-,28+,34?/m0/s1. The van der Waals surface area contributed by atoms with Crippen molar-refractivity contribution >= 4 is 29.2 Å². The quantitative estimate of drug-likeness (QED) is 0.205. The lowest BCUT2D eigenvalue weighted by atomic mass is 10.0. The van der Waals surface area contributed by atoms with E-state index in [0.29, 0.717) is 11.3 Å². The maximum atomic E-state index is 13.7. The van der Waals surface area contributed by atoms with Gasteiger partial charge in [-0.05, 0) is 60.9 Å². The third kappa shape index (κ3) is 3.73. The van der Waals surface area contributed by atoms with E-state index in [2.05, 4.69) is 0 Å². The minimum atomic E-state index is -0.648. The lowest BCUT2D eigenvalue weighted by Crippen LogP contribution is -2.29. The minimum absolute atomic E-state index is 0.138. The van der Waals surface area contributed by atoms with Crippen LogP contribution in [0.4, 0.5) is 5.69 Å². The summed E-state index contributed by atoms with van der Waals surface area (Å²) >= 11 is 0. The topological polar surface area (TPSA) is 74.5 Å². The molecule has 1 fully saturated rings.